The zero-order valence-electron chi connectivity index (χ0n) is 46.0. The van der Waals surface area contributed by atoms with E-state index in [0.717, 1.165) is 32.0 Å². The smallest absolute Gasteiger partial charge is 0.407 e. The molecule has 0 fully saturated rings. The van der Waals surface area contributed by atoms with Gasteiger partial charge < -0.3 is 45.0 Å². The molecular formula is C61H76N8O9S3. The Kier molecular flexibility index (Phi) is 26.3. The monoisotopic (exact) mass is 1160 g/mol. The number of carbonyl (C=O) groups excluding carboxylic acids is 4. The van der Waals surface area contributed by atoms with E-state index in [4.69, 9.17) is 35.9 Å². The van der Waals surface area contributed by atoms with Crippen LogP contribution in [0.1, 0.15) is 100 Å². The number of alkyl carbamates (subject to hydrolysis) is 4. The highest BCUT2D eigenvalue weighted by Crippen LogP contribution is 2.21. The van der Waals surface area contributed by atoms with Gasteiger partial charge in [0.2, 0.25) is 0 Å². The van der Waals surface area contributed by atoms with Gasteiger partial charge in [0.05, 0.1) is 26.8 Å². The zero-order valence-corrected chi connectivity index (χ0v) is 48.5. The van der Waals surface area contributed by atoms with Crippen LogP contribution in [0.2, 0.25) is 0 Å². The second-order valence-electron chi connectivity index (χ2n) is 20.8. The van der Waals surface area contributed by atoms with Gasteiger partial charge in [0, 0.05) is 49.3 Å². The lowest BCUT2D eigenvalue weighted by Gasteiger charge is -2.32. The molecule has 4 amide bonds. The Morgan fingerprint density at radius 2 is 0.938 bits per heavy atom. The molecule has 3 aromatic heterocycles. The number of carbonyl (C=O) groups is 4. The van der Waals surface area contributed by atoms with Gasteiger partial charge in [-0.1, -0.05) is 129 Å². The summed E-state index contributed by atoms with van der Waals surface area (Å²) >= 11 is 8.48. The summed E-state index contributed by atoms with van der Waals surface area (Å²) in [5.74, 6) is 0. The maximum atomic E-state index is 13.1. The van der Waals surface area contributed by atoms with Crippen molar-refractivity contribution in [2.45, 2.75) is 149 Å². The normalized spacial score (nSPS) is 12.9. The summed E-state index contributed by atoms with van der Waals surface area (Å²) in [6, 6.07) is 38.2. The second-order valence-corrected chi connectivity index (χ2v) is 23.1. The lowest BCUT2D eigenvalue weighted by atomic mass is 9.93. The van der Waals surface area contributed by atoms with Crippen LogP contribution in [0.15, 0.2) is 163 Å². The molecule has 0 bridgehead atoms. The molecule has 7 rings (SSSR count). The zero-order chi connectivity index (χ0) is 57.2. The minimum Gasteiger partial charge on any atom is -0.465 e. The predicted molar refractivity (Wildman–Crippen MR) is 321 cm³/mol. The third-order valence-electron chi connectivity index (χ3n) is 11.8. The topological polar surface area (TPSA) is 206 Å². The van der Waals surface area contributed by atoms with Crippen molar-refractivity contribution in [3.63, 3.8) is 0 Å². The van der Waals surface area contributed by atoms with E-state index >= 15 is 0 Å². The van der Waals surface area contributed by atoms with Crippen LogP contribution in [-0.2, 0) is 62.6 Å². The molecule has 81 heavy (non-hydrogen) atoms. The van der Waals surface area contributed by atoms with Crippen LogP contribution < -0.4 is 21.3 Å². The molecule has 0 saturated carbocycles. The lowest BCUT2D eigenvalue weighted by molar-refractivity contribution is 0.0466. The van der Waals surface area contributed by atoms with E-state index in [1.165, 1.54) is 22.7 Å². The number of hydrogen-bond acceptors (Lipinski definition) is 15. The van der Waals surface area contributed by atoms with Gasteiger partial charge in [-0.2, -0.15) is 0 Å². The van der Waals surface area contributed by atoms with Crippen molar-refractivity contribution in [3.8, 4) is 0 Å². The fraction of sp³-hybridized carbons (Fsp3) is 0.377. The van der Waals surface area contributed by atoms with Gasteiger partial charge in [-0.05, 0) is 115 Å². The molecule has 17 nitrogen and oxygen atoms in total. The molecule has 0 radical (unpaired) electrons. The number of thiocarbonyl (C=S) groups is 1. The van der Waals surface area contributed by atoms with Crippen molar-refractivity contribution in [1.82, 2.24) is 40.8 Å². The van der Waals surface area contributed by atoms with E-state index in [2.05, 4.69) is 36.2 Å². The minimum atomic E-state index is -0.690. The van der Waals surface area contributed by atoms with E-state index in [-0.39, 0.29) is 44.3 Å². The second kappa shape index (κ2) is 33.2. The number of aromatic nitrogens is 4. The van der Waals surface area contributed by atoms with E-state index in [1.54, 1.807) is 46.7 Å². The number of amides is 4. The number of imidazole rings is 1. The first-order chi connectivity index (χ1) is 38.4. The summed E-state index contributed by atoms with van der Waals surface area (Å²) in [5.41, 5.74) is 6.35. The summed E-state index contributed by atoms with van der Waals surface area (Å²) < 4.78 is 30.0. The number of rotatable bonds is 23. The van der Waals surface area contributed by atoms with Crippen LogP contribution in [-0.4, -0.2) is 90.5 Å². The molecule has 20 heteroatoms. The Balaban J connectivity index is 0.000000300. The summed E-state index contributed by atoms with van der Waals surface area (Å²) in [7, 11) is 0. The molecule has 7 aromatic rings. The molecule has 0 spiro atoms. The molecule has 0 unspecified atom stereocenters. The van der Waals surface area contributed by atoms with Crippen LogP contribution in [0.3, 0.4) is 0 Å². The highest BCUT2D eigenvalue weighted by atomic mass is 32.1. The molecule has 0 aliphatic rings. The number of thiazole rings is 2. The number of benzene rings is 4. The highest BCUT2D eigenvalue weighted by Gasteiger charge is 2.32. The number of ether oxygens (including phenoxy) is 5. The van der Waals surface area contributed by atoms with Crippen molar-refractivity contribution >= 4 is 64.4 Å². The summed E-state index contributed by atoms with van der Waals surface area (Å²) in [6.45, 7) is 11.2. The van der Waals surface area contributed by atoms with Gasteiger partial charge in [-0.15, -0.1) is 22.7 Å². The first-order valence-electron chi connectivity index (χ1n) is 26.4. The van der Waals surface area contributed by atoms with Crippen molar-refractivity contribution in [1.29, 1.82) is 0 Å². The Labute approximate surface area is 489 Å². The van der Waals surface area contributed by atoms with E-state index < -0.39 is 53.8 Å². The Bertz CT molecular complexity index is 2890. The fourth-order valence-electron chi connectivity index (χ4n) is 8.27. The fourth-order valence-corrected chi connectivity index (χ4v) is 9.51. The summed E-state index contributed by atoms with van der Waals surface area (Å²) in [5, 5.41) is 12.2. The number of hydrogen-bond donors (Lipinski definition) is 4. The standard InChI is InChI=1S/C32H37N5O5S2.C28H35N3O4S.CH4/c1-32(2,3)42-30(39)35-25(16-23-10-6-4-7-11-23)18-28(41-31(43)37-15-14-33-21-37)27(17-24-12-8-5-9-13-24)36-29(38)40-20-26-19-34-22-44-26;1-28(2,3)35-27(33)31-24(17-22-12-8-5-9-13-22)15-14-23(16-21-10-6-4-7-11-21)30-26(32)34-19-25-18-29-20-36-25;/h4-15,19,21-22,25,27-28H,16-18,20H2,1-3H3,(H,35,39)(H,36,38);4-13,18,20,23-24H,14-17,19H2,1-3H3,(H,30,32)(H,31,33);1H4/t25-,27-,28-;23-,24-;/m01./s1. The van der Waals surface area contributed by atoms with Gasteiger partial charge in [-0.3, -0.25) is 14.5 Å². The summed E-state index contributed by atoms with van der Waals surface area (Å²) in [6.07, 6.45) is 9.23. The predicted octanol–water partition coefficient (Wildman–Crippen LogP) is 12.5. The average Bonchev–Trinajstić information content (AvgIpc) is 4.26. The SMILES string of the molecule is C.CC(C)(C)OC(=O)N[C@@H](Cc1ccccc1)C[C@H](OC(=S)n1ccnc1)[C@H](Cc1ccccc1)NC(=O)OCc1cncs1.CC(C)(C)OC(=O)N[C@H](CC[C@H](Cc1ccccc1)NC(=O)OCc1cncs1)Cc1ccccc1. The molecule has 0 aliphatic carbocycles. The van der Waals surface area contributed by atoms with Gasteiger partial charge >= 0.3 is 24.4 Å². The maximum absolute atomic E-state index is 13.1. The molecule has 3 heterocycles. The number of nitrogens with one attached hydrogen (secondary N) is 4. The molecule has 0 aliphatic heterocycles. The van der Waals surface area contributed by atoms with E-state index in [0.29, 0.717) is 38.5 Å². The van der Waals surface area contributed by atoms with Gasteiger partial charge in [-0.25, -0.2) is 24.2 Å². The van der Waals surface area contributed by atoms with Crippen molar-refractivity contribution in [3.05, 3.63) is 195 Å². The third-order valence-corrected chi connectivity index (χ3v) is 13.6. The van der Waals surface area contributed by atoms with Crippen LogP contribution in [0, 0.1) is 0 Å². The Hall–Kier alpha value is -7.68. The lowest BCUT2D eigenvalue weighted by Crippen LogP contribution is -2.51. The Morgan fingerprint density at radius 3 is 1.33 bits per heavy atom. The molecule has 4 aromatic carbocycles. The summed E-state index contributed by atoms with van der Waals surface area (Å²) in [4.78, 5) is 65.0. The molecule has 5 atom stereocenters. The van der Waals surface area contributed by atoms with Gasteiger partial charge in [0.1, 0.15) is 36.8 Å². The molecule has 432 valence electrons. The highest BCUT2D eigenvalue weighted by molar-refractivity contribution is 7.80. The van der Waals surface area contributed by atoms with Gasteiger partial charge in [0.15, 0.2) is 0 Å². The number of nitrogens with zero attached hydrogens (tertiary/aromatic N) is 4. The van der Waals surface area contributed by atoms with E-state index in [1.807, 2.05) is 163 Å². The van der Waals surface area contributed by atoms with Crippen molar-refractivity contribution in [2.75, 3.05) is 0 Å². The van der Waals surface area contributed by atoms with Gasteiger partial charge in [0.25, 0.3) is 5.17 Å². The van der Waals surface area contributed by atoms with Crippen molar-refractivity contribution < 1.29 is 42.9 Å². The van der Waals surface area contributed by atoms with Crippen LogP contribution in [0.5, 0.6) is 0 Å². The van der Waals surface area contributed by atoms with Crippen LogP contribution in [0.25, 0.3) is 0 Å². The Morgan fingerprint density at radius 1 is 0.543 bits per heavy atom. The largest absolute Gasteiger partial charge is 0.465 e. The van der Waals surface area contributed by atoms with Crippen molar-refractivity contribution in [2.24, 2.45) is 0 Å². The molecular weight excluding hydrogens is 1080 g/mol. The van der Waals surface area contributed by atoms with E-state index in [9.17, 15) is 19.2 Å². The first-order valence-corrected chi connectivity index (χ1v) is 28.5. The first kappa shape index (κ1) is 64.1. The maximum Gasteiger partial charge on any atom is 0.407 e. The van der Waals surface area contributed by atoms with Crippen LogP contribution in [0.4, 0.5) is 19.2 Å². The third kappa shape index (κ3) is 25.5. The average molecular weight is 1160 g/mol. The minimum absolute atomic E-state index is 0. The quantitative estimate of drug-likeness (QED) is 0.0348. The van der Waals surface area contributed by atoms with Crippen LogP contribution >= 0.6 is 34.9 Å². The molecule has 0 saturated heterocycles. The molecule has 4 N–H and O–H groups in total.